The summed E-state index contributed by atoms with van der Waals surface area (Å²) in [6.07, 6.45) is 0.665. The first-order chi connectivity index (χ1) is 6.95. The summed E-state index contributed by atoms with van der Waals surface area (Å²) in [6, 6.07) is -0.836. The van der Waals surface area contributed by atoms with Gasteiger partial charge in [0.1, 0.15) is 12.1 Å². The predicted octanol–water partition coefficient (Wildman–Crippen LogP) is -0.934. The van der Waals surface area contributed by atoms with Crippen LogP contribution in [-0.4, -0.2) is 40.8 Å². The number of unbranched alkanes of at least 4 members (excludes halogenated alkanes) is 1. The van der Waals surface area contributed by atoms with Crippen LogP contribution in [0, 0.1) is 0 Å². The summed E-state index contributed by atoms with van der Waals surface area (Å²) in [4.78, 5) is 21.2. The van der Waals surface area contributed by atoms with Crippen LogP contribution in [0.4, 0.5) is 0 Å². The van der Waals surface area contributed by atoms with Crippen molar-refractivity contribution in [3.05, 3.63) is 0 Å². The third-order valence-corrected chi connectivity index (χ3v) is 1.94. The molecule has 0 aromatic carbocycles. The summed E-state index contributed by atoms with van der Waals surface area (Å²) in [7, 11) is 0. The fourth-order valence-corrected chi connectivity index (χ4v) is 0.972. The van der Waals surface area contributed by atoms with Crippen molar-refractivity contribution in [3.63, 3.8) is 0 Å². The number of nitrogens with one attached hydrogen (secondary N) is 1. The number of amides is 1. The molecule has 0 unspecified atom stereocenters. The van der Waals surface area contributed by atoms with Crippen LogP contribution in [0.25, 0.3) is 0 Å². The molecule has 0 aromatic heterocycles. The number of carbonyl (C=O) groups is 2. The molecule has 88 valence electrons. The molecule has 2 atom stereocenters. The van der Waals surface area contributed by atoms with Crippen LogP contribution in [0.3, 0.4) is 0 Å². The van der Waals surface area contributed by atoms with E-state index in [4.69, 9.17) is 15.9 Å². The average molecular weight is 218 g/mol. The highest BCUT2D eigenvalue weighted by molar-refractivity contribution is 5.79. The zero-order chi connectivity index (χ0) is 11.8. The second-order valence-corrected chi connectivity index (χ2v) is 3.41. The molecule has 1 amide bonds. The second-order valence-electron chi connectivity index (χ2n) is 3.41. The lowest BCUT2D eigenvalue weighted by Gasteiger charge is -2.08. The minimum atomic E-state index is -1.01. The van der Waals surface area contributed by atoms with Crippen molar-refractivity contribution in [3.8, 4) is 0 Å². The normalized spacial score (nSPS) is 14.3. The van der Waals surface area contributed by atoms with Gasteiger partial charge in [0.25, 0.3) is 0 Å². The Hall–Kier alpha value is -1.14. The third-order valence-electron chi connectivity index (χ3n) is 1.94. The molecule has 0 aliphatic heterocycles. The Morgan fingerprint density at radius 1 is 1.40 bits per heavy atom. The Morgan fingerprint density at radius 3 is 2.47 bits per heavy atom. The maximum absolute atomic E-state index is 10.9. The average Bonchev–Trinajstić information content (AvgIpc) is 2.16. The van der Waals surface area contributed by atoms with Gasteiger partial charge >= 0.3 is 5.97 Å². The maximum Gasteiger partial charge on any atom is 0.320 e. The van der Waals surface area contributed by atoms with E-state index >= 15 is 0 Å². The first kappa shape index (κ1) is 13.9. The van der Waals surface area contributed by atoms with Gasteiger partial charge in [-0.3, -0.25) is 9.59 Å². The summed E-state index contributed by atoms with van der Waals surface area (Å²) in [5, 5.41) is 19.8. The Bertz CT molecular complexity index is 218. The van der Waals surface area contributed by atoms with Crippen LogP contribution in [0.1, 0.15) is 26.2 Å². The number of rotatable bonds is 7. The summed E-state index contributed by atoms with van der Waals surface area (Å²) < 4.78 is 0. The van der Waals surface area contributed by atoms with E-state index in [1.165, 1.54) is 6.92 Å². The largest absolute Gasteiger partial charge is 0.480 e. The molecular weight excluding hydrogens is 200 g/mol. The Kier molecular flexibility index (Phi) is 6.64. The molecule has 6 nitrogen and oxygen atoms in total. The number of aliphatic hydroxyl groups excluding tert-OH is 1. The van der Waals surface area contributed by atoms with Crippen LogP contribution in [-0.2, 0) is 9.59 Å². The quantitative estimate of drug-likeness (QED) is 0.412. The van der Waals surface area contributed by atoms with Crippen LogP contribution in [0.15, 0.2) is 0 Å². The molecule has 0 aliphatic carbocycles. The Morgan fingerprint density at radius 2 is 2.00 bits per heavy atom. The number of carboxylic acid groups (broad SMARTS) is 1. The van der Waals surface area contributed by atoms with Gasteiger partial charge in [-0.25, -0.2) is 0 Å². The van der Waals surface area contributed by atoms with Gasteiger partial charge in [0.15, 0.2) is 0 Å². The van der Waals surface area contributed by atoms with E-state index in [-0.39, 0.29) is 0 Å². The van der Waals surface area contributed by atoms with E-state index in [0.29, 0.717) is 25.8 Å². The van der Waals surface area contributed by atoms with Crippen LogP contribution in [0.5, 0.6) is 0 Å². The maximum atomic E-state index is 10.9. The molecule has 0 fully saturated rings. The zero-order valence-electron chi connectivity index (χ0n) is 8.77. The highest BCUT2D eigenvalue weighted by Crippen LogP contribution is 1.98. The first-order valence-corrected chi connectivity index (χ1v) is 4.89. The molecule has 0 aliphatic rings. The van der Waals surface area contributed by atoms with Gasteiger partial charge in [0, 0.05) is 6.54 Å². The van der Waals surface area contributed by atoms with Gasteiger partial charge in [-0.15, -0.1) is 0 Å². The molecule has 0 saturated carbocycles. The highest BCUT2D eigenvalue weighted by Gasteiger charge is 2.10. The number of nitrogens with two attached hydrogens (primary N) is 1. The molecule has 0 rings (SSSR count). The number of aliphatic hydroxyl groups is 1. The molecule has 0 spiro atoms. The first-order valence-electron chi connectivity index (χ1n) is 4.89. The van der Waals surface area contributed by atoms with Gasteiger partial charge in [0.2, 0.25) is 5.91 Å². The van der Waals surface area contributed by atoms with Crippen molar-refractivity contribution < 1.29 is 19.8 Å². The Balaban J connectivity index is 3.40. The predicted molar refractivity (Wildman–Crippen MR) is 54.2 cm³/mol. The third kappa shape index (κ3) is 6.87. The summed E-state index contributed by atoms with van der Waals surface area (Å²) in [5.41, 5.74) is 5.28. The highest BCUT2D eigenvalue weighted by atomic mass is 16.4. The second kappa shape index (κ2) is 7.19. The molecule has 0 radical (unpaired) electrons. The zero-order valence-corrected chi connectivity index (χ0v) is 8.77. The summed E-state index contributed by atoms with van der Waals surface area (Å²) in [6.45, 7) is 1.81. The molecule has 0 saturated heterocycles. The minimum Gasteiger partial charge on any atom is -0.480 e. The monoisotopic (exact) mass is 218 g/mol. The Labute approximate surface area is 88.5 Å². The van der Waals surface area contributed by atoms with Crippen molar-refractivity contribution in [1.82, 2.24) is 5.32 Å². The van der Waals surface area contributed by atoms with E-state index < -0.39 is 24.0 Å². The lowest BCUT2D eigenvalue weighted by molar-refractivity contribution is -0.138. The fourth-order valence-electron chi connectivity index (χ4n) is 0.972. The molecular formula is C9H18N2O4. The molecule has 5 N–H and O–H groups in total. The molecule has 0 aromatic rings. The van der Waals surface area contributed by atoms with Gasteiger partial charge in [-0.05, 0) is 26.2 Å². The van der Waals surface area contributed by atoms with Crippen LogP contribution < -0.4 is 11.1 Å². The van der Waals surface area contributed by atoms with Gasteiger partial charge in [-0.1, -0.05) is 0 Å². The van der Waals surface area contributed by atoms with Crippen molar-refractivity contribution in [1.29, 1.82) is 0 Å². The molecule has 15 heavy (non-hydrogen) atoms. The summed E-state index contributed by atoms with van der Waals surface area (Å²) in [5.74, 6) is -1.43. The number of carbonyl (C=O) groups excluding carboxylic acids is 1. The van der Waals surface area contributed by atoms with E-state index in [9.17, 15) is 9.59 Å². The smallest absolute Gasteiger partial charge is 0.320 e. The van der Waals surface area contributed by atoms with E-state index in [0.717, 1.165) is 0 Å². The van der Waals surface area contributed by atoms with Gasteiger partial charge in [0.05, 0.1) is 0 Å². The summed E-state index contributed by atoms with van der Waals surface area (Å²) >= 11 is 0. The van der Waals surface area contributed by atoms with Crippen molar-refractivity contribution >= 4 is 11.9 Å². The standard InChI is InChI=1S/C9H18N2O4/c1-6(12)8(13)11-5-3-2-4-7(10)9(14)15/h6-7,12H,2-5,10H2,1H3,(H,11,13)(H,14,15)/t6-,7-/m0/s1. The number of hydrogen-bond acceptors (Lipinski definition) is 4. The van der Waals surface area contributed by atoms with Crippen molar-refractivity contribution in [2.45, 2.75) is 38.3 Å². The van der Waals surface area contributed by atoms with E-state index in [1.807, 2.05) is 0 Å². The number of carboxylic acids is 1. The van der Waals surface area contributed by atoms with Gasteiger partial charge in [-0.2, -0.15) is 0 Å². The van der Waals surface area contributed by atoms with Gasteiger partial charge < -0.3 is 21.3 Å². The lowest BCUT2D eigenvalue weighted by Crippen LogP contribution is -2.33. The van der Waals surface area contributed by atoms with Crippen LogP contribution >= 0.6 is 0 Å². The molecule has 0 heterocycles. The molecule has 0 bridgehead atoms. The van der Waals surface area contributed by atoms with E-state index in [2.05, 4.69) is 5.32 Å². The number of aliphatic carboxylic acids is 1. The van der Waals surface area contributed by atoms with Crippen molar-refractivity contribution in [2.75, 3.05) is 6.54 Å². The van der Waals surface area contributed by atoms with Crippen molar-refractivity contribution in [2.24, 2.45) is 5.73 Å². The number of hydrogen-bond donors (Lipinski definition) is 4. The van der Waals surface area contributed by atoms with E-state index in [1.54, 1.807) is 0 Å². The lowest BCUT2D eigenvalue weighted by atomic mass is 10.1. The molecule has 6 heteroatoms. The topological polar surface area (TPSA) is 113 Å². The SMILES string of the molecule is C[C@H](O)C(=O)NCCCC[C@H](N)C(=O)O. The fraction of sp³-hybridized carbons (Fsp3) is 0.778. The van der Waals surface area contributed by atoms with Crippen LogP contribution in [0.2, 0.25) is 0 Å². The minimum absolute atomic E-state index is 0.389.